The summed E-state index contributed by atoms with van der Waals surface area (Å²) in [5.41, 5.74) is 15.6. The van der Waals surface area contributed by atoms with E-state index in [1.165, 1.54) is 49.2 Å². The van der Waals surface area contributed by atoms with Gasteiger partial charge in [0.25, 0.3) is 0 Å². The third kappa shape index (κ3) is 2.87. The molecule has 0 radical (unpaired) electrons. The van der Waals surface area contributed by atoms with E-state index in [-0.39, 0.29) is 0 Å². The summed E-state index contributed by atoms with van der Waals surface area (Å²) in [7, 11) is 0. The molecule has 8 heteroatoms. The van der Waals surface area contributed by atoms with E-state index in [4.69, 9.17) is 0 Å². The summed E-state index contributed by atoms with van der Waals surface area (Å²) < 4.78 is 41.5. The van der Waals surface area contributed by atoms with Crippen LogP contribution in [0.4, 0.5) is 0 Å². The van der Waals surface area contributed by atoms with Gasteiger partial charge in [-0.15, -0.1) is 0 Å². The van der Waals surface area contributed by atoms with Crippen LogP contribution in [0.25, 0.3) is 83.1 Å². The van der Waals surface area contributed by atoms with Gasteiger partial charge in [0.2, 0.25) is 0 Å². The molecule has 14 rings (SSSR count). The minimum atomic E-state index is -4.60. The van der Waals surface area contributed by atoms with Gasteiger partial charge in [0, 0.05) is 0 Å². The molecule has 0 saturated heterocycles. The van der Waals surface area contributed by atoms with Gasteiger partial charge in [-0.05, 0) is 0 Å². The van der Waals surface area contributed by atoms with Crippen LogP contribution >= 0.6 is 0 Å². The number of nitrogens with zero attached hydrogens (tertiary/aromatic N) is 5. The zero-order chi connectivity index (χ0) is 36.3. The van der Waals surface area contributed by atoms with Crippen molar-refractivity contribution in [3.63, 3.8) is 0 Å². The van der Waals surface area contributed by atoms with E-state index in [1.54, 1.807) is 6.07 Å². The zero-order valence-electron chi connectivity index (χ0n) is 29.7. The van der Waals surface area contributed by atoms with Gasteiger partial charge < -0.3 is 0 Å². The molecule has 258 valence electrons. The van der Waals surface area contributed by atoms with E-state index >= 15 is 0 Å². The summed E-state index contributed by atoms with van der Waals surface area (Å²) in [6, 6.07) is 46.9. The van der Waals surface area contributed by atoms with Crippen LogP contribution in [0.15, 0.2) is 140 Å². The molecular weight excluding hydrogens is 746 g/mol. The van der Waals surface area contributed by atoms with Crippen LogP contribution in [0.3, 0.4) is 0 Å². The van der Waals surface area contributed by atoms with Crippen molar-refractivity contribution in [3.8, 4) is 39.3 Å². The molecule has 4 aliphatic rings. The Labute approximate surface area is 315 Å². The normalized spacial score (nSPS) is 17.3. The number of hydrogen-bond donors (Lipinski definition) is 0. The number of hydrogen-bond acceptors (Lipinski definition) is 2. The fourth-order valence-corrected chi connectivity index (χ4v) is 14.8. The van der Waals surface area contributed by atoms with Crippen molar-refractivity contribution in [1.82, 2.24) is 13.8 Å². The fraction of sp³-hybridized carbons (Fsp3) is 0.0638. The molecule has 1 atom stereocenters. The summed E-state index contributed by atoms with van der Waals surface area (Å²) in [4.78, 5) is 0. The SMILES string of the molecule is Cc1c(-c2ccc3c(c2)[Se](=O)(=O)c2ccccc2-3)c(C)[n+]2n1-c1ccc3c4ccccc4n4c3c1C21c2c-4cccc2-n2c3ccccc3c3ccc[n+]1c32. The molecule has 4 aromatic heterocycles. The van der Waals surface area contributed by atoms with Crippen molar-refractivity contribution in [3.05, 3.63) is 162 Å². The van der Waals surface area contributed by atoms with E-state index < -0.39 is 18.4 Å². The topological polar surface area (TPSA) is 56.7 Å². The van der Waals surface area contributed by atoms with Gasteiger partial charge in [-0.25, -0.2) is 0 Å². The second-order valence-corrected chi connectivity index (χ2v) is 19.4. The van der Waals surface area contributed by atoms with Crippen LogP contribution in [0.2, 0.25) is 0 Å². The molecule has 1 unspecified atom stereocenters. The van der Waals surface area contributed by atoms with Crippen molar-refractivity contribution >= 4 is 65.4 Å². The van der Waals surface area contributed by atoms with E-state index in [9.17, 15) is 7.67 Å². The average Bonchev–Trinajstić information content (AvgIpc) is 3.96. The van der Waals surface area contributed by atoms with Gasteiger partial charge in [-0.1, -0.05) is 24.3 Å². The molecule has 0 saturated carbocycles. The van der Waals surface area contributed by atoms with Gasteiger partial charge in [0.15, 0.2) is 0 Å². The predicted octanol–water partition coefficient (Wildman–Crippen LogP) is 7.17. The van der Waals surface area contributed by atoms with E-state index in [0.717, 1.165) is 56.4 Å². The van der Waals surface area contributed by atoms with Crippen LogP contribution in [0.5, 0.6) is 0 Å². The van der Waals surface area contributed by atoms with Gasteiger partial charge >= 0.3 is 293 Å². The Bertz CT molecular complexity index is 3640. The van der Waals surface area contributed by atoms with Gasteiger partial charge in [-0.2, -0.15) is 0 Å². The van der Waals surface area contributed by atoms with Crippen molar-refractivity contribution in [1.29, 1.82) is 0 Å². The third-order valence-corrected chi connectivity index (χ3v) is 17.0. The first-order valence-corrected chi connectivity index (χ1v) is 21.8. The molecule has 0 amide bonds. The zero-order valence-corrected chi connectivity index (χ0v) is 31.5. The van der Waals surface area contributed by atoms with Crippen LogP contribution in [-0.2, 0) is 13.3 Å². The maximum atomic E-state index is 14.1. The van der Waals surface area contributed by atoms with Crippen LogP contribution in [0.1, 0.15) is 22.5 Å². The van der Waals surface area contributed by atoms with Crippen molar-refractivity contribution in [2.45, 2.75) is 19.5 Å². The average molecular weight is 775 g/mol. The quantitative estimate of drug-likeness (QED) is 0.131. The molecular formula is C47H29N5O2Se+2. The number of fused-ring (bicyclic) bond motifs is 13. The first-order chi connectivity index (χ1) is 26.9. The Morgan fingerprint density at radius 2 is 1.27 bits per heavy atom. The molecule has 0 aliphatic carbocycles. The van der Waals surface area contributed by atoms with E-state index in [2.05, 4.69) is 140 Å². The summed E-state index contributed by atoms with van der Waals surface area (Å²) >= 11 is -4.60. The van der Waals surface area contributed by atoms with Gasteiger partial charge in [0.1, 0.15) is 0 Å². The second kappa shape index (κ2) is 9.01. The molecule has 7 nitrogen and oxygen atoms in total. The Balaban J connectivity index is 1.19. The van der Waals surface area contributed by atoms with Crippen LogP contribution in [-0.4, -0.2) is 26.5 Å². The first-order valence-electron chi connectivity index (χ1n) is 18.7. The van der Waals surface area contributed by atoms with Gasteiger partial charge in [0.05, 0.1) is 0 Å². The monoisotopic (exact) mass is 775 g/mol. The Morgan fingerprint density at radius 1 is 0.582 bits per heavy atom. The standard InChI is InChI=1S/C47H29N5O2Se/c1-26-42(28-20-21-32-31-13-5-8-19-40(31)55(53,54)41(32)25-28)27(2)52-47-43-37(49-35-15-6-3-11-29(35)33-22-23-39(51(26)52)44(47)45(33)49)17-9-18-38(43)50-36-16-7-4-12-30(36)34-14-10-24-48(47)46(34)50/h3-25H,1-2H3/q+2. The molecule has 10 aromatic rings. The summed E-state index contributed by atoms with van der Waals surface area (Å²) in [5.74, 6) is 0. The first kappa shape index (κ1) is 28.8. The molecule has 8 heterocycles. The van der Waals surface area contributed by atoms with Crippen LogP contribution in [0, 0.1) is 13.8 Å². The number of rotatable bonds is 1. The van der Waals surface area contributed by atoms with Crippen molar-refractivity contribution in [2.75, 3.05) is 0 Å². The molecule has 1 spiro atoms. The molecule has 4 aliphatic heterocycles. The molecule has 6 aromatic carbocycles. The summed E-state index contributed by atoms with van der Waals surface area (Å²) in [5, 5.41) is 4.89. The molecule has 0 N–H and O–H groups in total. The Hall–Kier alpha value is -6.60. The number of aromatic nitrogens is 5. The van der Waals surface area contributed by atoms with E-state index in [1.807, 2.05) is 30.3 Å². The molecule has 0 bridgehead atoms. The number of pyridine rings is 1. The summed E-state index contributed by atoms with van der Waals surface area (Å²) in [6.45, 7) is 4.41. The summed E-state index contributed by atoms with van der Waals surface area (Å²) in [6.07, 6.45) is 2.27. The minimum absolute atomic E-state index is 0.446. The van der Waals surface area contributed by atoms with E-state index in [0.29, 0.717) is 8.92 Å². The molecule has 0 fully saturated rings. The maximum absolute atomic E-state index is 14.1. The van der Waals surface area contributed by atoms with Crippen LogP contribution < -0.4 is 18.2 Å². The van der Waals surface area contributed by atoms with Crippen molar-refractivity contribution in [2.24, 2.45) is 0 Å². The Morgan fingerprint density at radius 3 is 2.11 bits per heavy atom. The van der Waals surface area contributed by atoms with Gasteiger partial charge in [-0.3, -0.25) is 0 Å². The number of para-hydroxylation sites is 2. The molecule has 55 heavy (non-hydrogen) atoms. The Kier molecular flexibility index (Phi) is 4.73. The number of benzene rings is 6. The third-order valence-electron chi connectivity index (χ3n) is 13.1. The van der Waals surface area contributed by atoms with Crippen molar-refractivity contribution < 1.29 is 16.9 Å². The predicted molar refractivity (Wildman–Crippen MR) is 213 cm³/mol. The second-order valence-electron chi connectivity index (χ2n) is 15.4. The fourth-order valence-electron chi connectivity index (χ4n) is 11.2.